The first kappa shape index (κ1) is 14.2. The van der Waals surface area contributed by atoms with Crippen molar-refractivity contribution in [2.45, 2.75) is 19.9 Å². The fourth-order valence-electron chi connectivity index (χ4n) is 1.78. The van der Waals surface area contributed by atoms with Gasteiger partial charge in [-0.1, -0.05) is 6.92 Å². The quantitative estimate of drug-likeness (QED) is 0.764. The van der Waals surface area contributed by atoms with Crippen LogP contribution in [0, 0.1) is 5.82 Å². The van der Waals surface area contributed by atoms with Gasteiger partial charge in [-0.3, -0.25) is 0 Å². The Hall–Kier alpha value is -2.24. The van der Waals surface area contributed by atoms with Crippen LogP contribution in [0.5, 0.6) is 5.75 Å². The molecule has 0 aliphatic heterocycles. The maximum absolute atomic E-state index is 13.7. The monoisotopic (exact) mass is 278 g/mol. The maximum atomic E-state index is 13.7. The lowest BCUT2D eigenvalue weighted by atomic mass is 10.2. The summed E-state index contributed by atoms with van der Waals surface area (Å²) in [6.07, 6.45) is 6.17. The molecular weight excluding hydrogens is 259 g/mol. The molecule has 5 nitrogen and oxygen atoms in total. The molecule has 108 valence electrons. The van der Waals surface area contributed by atoms with Gasteiger partial charge in [0.2, 0.25) is 0 Å². The van der Waals surface area contributed by atoms with Crippen LogP contribution >= 0.6 is 0 Å². The number of benzene rings is 1. The number of nitrogen functional groups attached to an aromatic ring is 1. The van der Waals surface area contributed by atoms with E-state index >= 15 is 0 Å². The van der Waals surface area contributed by atoms with Crippen molar-refractivity contribution in [3.63, 3.8) is 0 Å². The van der Waals surface area contributed by atoms with Crippen molar-refractivity contribution < 1.29 is 9.13 Å². The van der Waals surface area contributed by atoms with Crippen LogP contribution in [0.1, 0.15) is 13.3 Å². The molecule has 1 heterocycles. The van der Waals surface area contributed by atoms with E-state index in [1.54, 1.807) is 18.6 Å². The third-order valence-corrected chi connectivity index (χ3v) is 2.81. The lowest BCUT2D eigenvalue weighted by Crippen LogP contribution is -2.11. The molecule has 0 amide bonds. The molecule has 0 bridgehead atoms. The van der Waals surface area contributed by atoms with Crippen LogP contribution < -0.4 is 15.8 Å². The van der Waals surface area contributed by atoms with Gasteiger partial charge in [-0.25, -0.2) is 9.37 Å². The first-order valence-corrected chi connectivity index (χ1v) is 6.62. The van der Waals surface area contributed by atoms with Gasteiger partial charge < -0.3 is 20.4 Å². The number of ether oxygens (including phenoxy) is 1. The third-order valence-electron chi connectivity index (χ3n) is 2.81. The number of imidazole rings is 1. The molecule has 20 heavy (non-hydrogen) atoms. The predicted octanol–water partition coefficient (Wildman–Crippen LogP) is 2.51. The highest BCUT2D eigenvalue weighted by molar-refractivity contribution is 5.68. The van der Waals surface area contributed by atoms with E-state index in [1.807, 2.05) is 17.7 Å². The van der Waals surface area contributed by atoms with Gasteiger partial charge in [-0.2, -0.15) is 0 Å². The SMILES string of the molecule is CCCOc1cc(NCCn2ccnc2)c(N)cc1F. The van der Waals surface area contributed by atoms with Gasteiger partial charge >= 0.3 is 0 Å². The summed E-state index contributed by atoms with van der Waals surface area (Å²) in [5, 5.41) is 3.17. The number of nitrogens with two attached hydrogens (primary N) is 1. The normalized spacial score (nSPS) is 10.5. The van der Waals surface area contributed by atoms with Gasteiger partial charge in [-0.05, 0) is 6.42 Å². The summed E-state index contributed by atoms with van der Waals surface area (Å²) in [6.45, 7) is 3.87. The summed E-state index contributed by atoms with van der Waals surface area (Å²) in [5.41, 5.74) is 6.85. The molecule has 0 unspecified atom stereocenters. The van der Waals surface area contributed by atoms with E-state index in [4.69, 9.17) is 10.5 Å². The number of nitrogens with one attached hydrogen (secondary N) is 1. The average molecular weight is 278 g/mol. The number of hydrogen-bond donors (Lipinski definition) is 2. The van der Waals surface area contributed by atoms with Crippen molar-refractivity contribution in [2.75, 3.05) is 24.2 Å². The number of aromatic nitrogens is 2. The summed E-state index contributed by atoms with van der Waals surface area (Å²) < 4.78 is 20.9. The van der Waals surface area contributed by atoms with E-state index in [2.05, 4.69) is 10.3 Å². The summed E-state index contributed by atoms with van der Waals surface area (Å²) in [4.78, 5) is 3.97. The molecule has 2 rings (SSSR count). The highest BCUT2D eigenvalue weighted by Crippen LogP contribution is 2.28. The maximum Gasteiger partial charge on any atom is 0.167 e. The second-order valence-electron chi connectivity index (χ2n) is 4.45. The molecule has 0 radical (unpaired) electrons. The Kier molecular flexibility index (Phi) is 4.81. The molecule has 1 aromatic heterocycles. The predicted molar refractivity (Wildman–Crippen MR) is 77.3 cm³/mol. The molecule has 0 spiro atoms. The molecule has 3 N–H and O–H groups in total. The highest BCUT2D eigenvalue weighted by Gasteiger charge is 2.08. The van der Waals surface area contributed by atoms with Gasteiger partial charge in [0.25, 0.3) is 0 Å². The fraction of sp³-hybridized carbons (Fsp3) is 0.357. The summed E-state index contributed by atoms with van der Waals surface area (Å²) in [5.74, 6) is -0.206. The third kappa shape index (κ3) is 3.63. The van der Waals surface area contributed by atoms with E-state index in [0.717, 1.165) is 13.0 Å². The van der Waals surface area contributed by atoms with Crippen molar-refractivity contribution in [1.29, 1.82) is 0 Å². The second-order valence-corrected chi connectivity index (χ2v) is 4.45. The number of hydrogen-bond acceptors (Lipinski definition) is 4. The minimum absolute atomic E-state index is 0.228. The van der Waals surface area contributed by atoms with E-state index in [1.165, 1.54) is 6.07 Å². The molecule has 6 heteroatoms. The zero-order chi connectivity index (χ0) is 14.4. The molecule has 0 aliphatic rings. The van der Waals surface area contributed by atoms with Gasteiger partial charge in [0.15, 0.2) is 11.6 Å². The molecular formula is C14H19FN4O. The largest absolute Gasteiger partial charge is 0.490 e. The fourth-order valence-corrected chi connectivity index (χ4v) is 1.78. The zero-order valence-electron chi connectivity index (χ0n) is 11.5. The first-order chi connectivity index (χ1) is 9.70. The van der Waals surface area contributed by atoms with Crippen molar-refractivity contribution >= 4 is 11.4 Å². The molecule has 0 saturated carbocycles. The Morgan fingerprint density at radius 2 is 2.30 bits per heavy atom. The summed E-state index contributed by atoms with van der Waals surface area (Å²) in [6, 6.07) is 2.89. The van der Waals surface area contributed by atoms with E-state index in [0.29, 0.717) is 24.5 Å². The molecule has 2 aromatic rings. The smallest absolute Gasteiger partial charge is 0.167 e. The lowest BCUT2D eigenvalue weighted by molar-refractivity contribution is 0.301. The van der Waals surface area contributed by atoms with Crippen molar-refractivity contribution in [3.05, 3.63) is 36.7 Å². The molecule has 1 aromatic carbocycles. The zero-order valence-corrected chi connectivity index (χ0v) is 11.5. The van der Waals surface area contributed by atoms with Crippen LogP contribution in [0.4, 0.5) is 15.8 Å². The van der Waals surface area contributed by atoms with Gasteiger partial charge in [0.05, 0.1) is 24.3 Å². The first-order valence-electron chi connectivity index (χ1n) is 6.62. The van der Waals surface area contributed by atoms with Crippen molar-refractivity contribution in [3.8, 4) is 5.75 Å². The van der Waals surface area contributed by atoms with E-state index < -0.39 is 5.82 Å². The van der Waals surface area contributed by atoms with Crippen molar-refractivity contribution in [1.82, 2.24) is 9.55 Å². The number of halogens is 1. The van der Waals surface area contributed by atoms with Gasteiger partial charge in [0, 0.05) is 37.6 Å². The van der Waals surface area contributed by atoms with Crippen LogP contribution in [0.25, 0.3) is 0 Å². The van der Waals surface area contributed by atoms with Crippen LogP contribution in [-0.2, 0) is 6.54 Å². The molecule has 0 aliphatic carbocycles. The van der Waals surface area contributed by atoms with E-state index in [9.17, 15) is 4.39 Å². The van der Waals surface area contributed by atoms with Gasteiger partial charge in [0.1, 0.15) is 0 Å². The van der Waals surface area contributed by atoms with Crippen LogP contribution in [0.15, 0.2) is 30.9 Å². The Bertz CT molecular complexity index is 542. The van der Waals surface area contributed by atoms with Crippen LogP contribution in [-0.4, -0.2) is 22.7 Å². The lowest BCUT2D eigenvalue weighted by Gasteiger charge is -2.13. The Morgan fingerprint density at radius 3 is 3.00 bits per heavy atom. The molecule has 0 atom stereocenters. The number of anilines is 2. The number of rotatable bonds is 7. The Balaban J connectivity index is 1.99. The van der Waals surface area contributed by atoms with E-state index in [-0.39, 0.29) is 5.75 Å². The van der Waals surface area contributed by atoms with Crippen LogP contribution in [0.3, 0.4) is 0 Å². The minimum atomic E-state index is -0.434. The second kappa shape index (κ2) is 6.79. The summed E-state index contributed by atoms with van der Waals surface area (Å²) in [7, 11) is 0. The van der Waals surface area contributed by atoms with Gasteiger partial charge in [-0.15, -0.1) is 0 Å². The number of nitrogens with zero attached hydrogens (tertiary/aromatic N) is 2. The topological polar surface area (TPSA) is 65.1 Å². The molecule has 0 saturated heterocycles. The van der Waals surface area contributed by atoms with Crippen molar-refractivity contribution in [2.24, 2.45) is 0 Å². The summed E-state index contributed by atoms with van der Waals surface area (Å²) >= 11 is 0. The average Bonchev–Trinajstić information content (AvgIpc) is 2.93. The highest BCUT2D eigenvalue weighted by atomic mass is 19.1. The Morgan fingerprint density at radius 1 is 1.45 bits per heavy atom. The minimum Gasteiger partial charge on any atom is -0.490 e. The molecule has 0 fully saturated rings. The standard InChI is InChI=1S/C14H19FN4O/c1-2-7-20-14-9-13(12(16)8-11(14)15)18-4-6-19-5-3-17-10-19/h3,5,8-10,18H,2,4,6-7,16H2,1H3. The van der Waals surface area contributed by atoms with Crippen LogP contribution in [0.2, 0.25) is 0 Å². The Labute approximate surface area is 117 Å².